The first-order chi connectivity index (χ1) is 12.1. The number of benzene rings is 1. The van der Waals surface area contributed by atoms with Gasteiger partial charge < -0.3 is 0 Å². The molecule has 0 amide bonds. The zero-order valence-electron chi connectivity index (χ0n) is 13.2. The molecule has 0 fully saturated rings. The van der Waals surface area contributed by atoms with Crippen LogP contribution in [0.25, 0.3) is 5.69 Å². The van der Waals surface area contributed by atoms with Gasteiger partial charge in [-0.25, -0.2) is 14.4 Å². The molecule has 5 nitrogen and oxygen atoms in total. The number of aryl methyl sites for hydroxylation is 1. The van der Waals surface area contributed by atoms with Crippen LogP contribution in [0, 0.1) is 24.1 Å². The fourth-order valence-electron chi connectivity index (χ4n) is 2.21. The predicted octanol–water partition coefficient (Wildman–Crippen LogP) is 3.74. The van der Waals surface area contributed by atoms with Crippen LogP contribution in [-0.2, 0) is 4.79 Å². The molecule has 0 saturated heterocycles. The summed E-state index contributed by atoms with van der Waals surface area (Å²) in [7, 11) is 0. The van der Waals surface area contributed by atoms with Crippen molar-refractivity contribution in [1.29, 1.82) is 5.26 Å². The summed E-state index contributed by atoms with van der Waals surface area (Å²) in [6.45, 7) is 1.82. The topological polar surface area (TPSA) is 71.6 Å². The van der Waals surface area contributed by atoms with Crippen molar-refractivity contribution in [3.8, 4) is 11.8 Å². The van der Waals surface area contributed by atoms with E-state index >= 15 is 0 Å². The maximum Gasteiger partial charge on any atom is 0.173 e. The Hall–Kier alpha value is -2.50. The average molecular weight is 372 g/mol. The molecule has 1 atom stereocenters. The molecule has 2 aromatic heterocycles. The number of nitriles is 1. The molecule has 0 aliphatic carbocycles. The molecule has 0 N–H and O–H groups in total. The van der Waals surface area contributed by atoms with Gasteiger partial charge >= 0.3 is 0 Å². The number of thiazole rings is 1. The number of carbonyl (C=O) groups is 1. The molecule has 3 aromatic rings. The van der Waals surface area contributed by atoms with Gasteiger partial charge in [0.1, 0.15) is 10.8 Å². The van der Waals surface area contributed by atoms with E-state index in [1.54, 1.807) is 29.1 Å². The van der Waals surface area contributed by atoms with Crippen LogP contribution in [0.3, 0.4) is 0 Å². The summed E-state index contributed by atoms with van der Waals surface area (Å²) < 4.78 is 15.1. The number of imidazole rings is 1. The molecule has 0 bridgehead atoms. The van der Waals surface area contributed by atoms with Gasteiger partial charge in [-0.3, -0.25) is 9.36 Å². The van der Waals surface area contributed by atoms with Crippen LogP contribution in [-0.4, -0.2) is 26.1 Å². The standard InChI is InChI=1S/C17H13FN4OS2/c1-11-9-24-16(21-11)14(8-19)15(23)10-25-17-20-5-6-22(17)13-4-2-3-12(18)7-13/h2-7,9,14H,10H2,1H3/t14-/m1/s1. The molecule has 1 aromatic carbocycles. The Balaban J connectivity index is 1.73. The summed E-state index contributed by atoms with van der Waals surface area (Å²) in [5.74, 6) is -1.36. The Morgan fingerprint density at radius 1 is 1.52 bits per heavy atom. The van der Waals surface area contributed by atoms with Crippen LogP contribution in [0.1, 0.15) is 16.6 Å². The number of aromatic nitrogens is 3. The average Bonchev–Trinajstić information content (AvgIpc) is 3.23. The fraction of sp³-hybridized carbons (Fsp3) is 0.176. The van der Waals surface area contributed by atoms with Crippen LogP contribution < -0.4 is 0 Å². The lowest BCUT2D eigenvalue weighted by molar-refractivity contribution is -0.116. The second-order valence-corrected chi connectivity index (χ2v) is 7.04. The summed E-state index contributed by atoms with van der Waals surface area (Å²) >= 11 is 2.52. The molecule has 0 spiro atoms. The summed E-state index contributed by atoms with van der Waals surface area (Å²) in [5.41, 5.74) is 1.42. The van der Waals surface area contributed by atoms with E-state index in [-0.39, 0.29) is 17.4 Å². The minimum atomic E-state index is -0.871. The number of hydrogen-bond donors (Lipinski definition) is 0. The van der Waals surface area contributed by atoms with Gasteiger partial charge in [0, 0.05) is 23.5 Å². The molecule has 2 heterocycles. The number of Topliss-reactive ketones (excluding diaryl/α,β-unsaturated/α-hetero) is 1. The lowest BCUT2D eigenvalue weighted by Crippen LogP contribution is -2.13. The Bertz CT molecular complexity index is 944. The Labute approximate surface area is 152 Å². The quantitative estimate of drug-likeness (QED) is 0.616. The lowest BCUT2D eigenvalue weighted by Gasteiger charge is -2.08. The number of rotatable bonds is 6. The smallest absolute Gasteiger partial charge is 0.173 e. The van der Waals surface area contributed by atoms with E-state index in [4.69, 9.17) is 0 Å². The SMILES string of the molecule is Cc1csc([C@H](C#N)C(=O)CSc2nccn2-c2cccc(F)c2)n1. The zero-order chi connectivity index (χ0) is 17.8. The summed E-state index contributed by atoms with van der Waals surface area (Å²) in [6, 6.07) is 8.15. The molecule has 0 saturated carbocycles. The van der Waals surface area contributed by atoms with E-state index in [1.165, 1.54) is 35.2 Å². The number of thioether (sulfide) groups is 1. The van der Waals surface area contributed by atoms with Crippen LogP contribution in [0.4, 0.5) is 4.39 Å². The highest BCUT2D eigenvalue weighted by atomic mass is 32.2. The number of halogens is 1. The third kappa shape index (κ3) is 3.95. The fourth-order valence-corrected chi connectivity index (χ4v) is 3.95. The van der Waals surface area contributed by atoms with E-state index in [0.717, 1.165) is 5.69 Å². The second-order valence-electron chi connectivity index (χ2n) is 5.20. The van der Waals surface area contributed by atoms with Gasteiger partial charge in [-0.1, -0.05) is 17.8 Å². The van der Waals surface area contributed by atoms with E-state index < -0.39 is 5.92 Å². The maximum atomic E-state index is 13.4. The molecular weight excluding hydrogens is 359 g/mol. The van der Waals surface area contributed by atoms with Crippen molar-refractivity contribution >= 4 is 28.9 Å². The van der Waals surface area contributed by atoms with Crippen LogP contribution in [0.5, 0.6) is 0 Å². The predicted molar refractivity (Wildman–Crippen MR) is 94.5 cm³/mol. The molecule has 0 aliphatic heterocycles. The highest BCUT2D eigenvalue weighted by Crippen LogP contribution is 2.25. The molecule has 25 heavy (non-hydrogen) atoms. The largest absolute Gasteiger partial charge is 0.297 e. The van der Waals surface area contributed by atoms with Gasteiger partial charge in [0.15, 0.2) is 16.9 Å². The van der Waals surface area contributed by atoms with E-state index in [2.05, 4.69) is 9.97 Å². The van der Waals surface area contributed by atoms with Crippen LogP contribution >= 0.6 is 23.1 Å². The summed E-state index contributed by atoms with van der Waals surface area (Å²) in [4.78, 5) is 20.8. The number of hydrogen-bond acceptors (Lipinski definition) is 6. The van der Waals surface area contributed by atoms with E-state index in [0.29, 0.717) is 15.9 Å². The maximum absolute atomic E-state index is 13.4. The Morgan fingerprint density at radius 3 is 3.04 bits per heavy atom. The van der Waals surface area contributed by atoms with E-state index in [1.807, 2.05) is 18.4 Å². The van der Waals surface area contributed by atoms with Gasteiger partial charge in [0.2, 0.25) is 0 Å². The van der Waals surface area contributed by atoms with Crippen molar-refractivity contribution in [2.24, 2.45) is 0 Å². The molecular formula is C17H13FN4OS2. The molecule has 0 radical (unpaired) electrons. The van der Waals surface area contributed by atoms with Gasteiger partial charge in [-0.15, -0.1) is 11.3 Å². The monoisotopic (exact) mass is 372 g/mol. The van der Waals surface area contributed by atoms with Gasteiger partial charge in [-0.05, 0) is 25.1 Å². The number of nitrogens with zero attached hydrogens (tertiary/aromatic N) is 4. The van der Waals surface area contributed by atoms with Crippen molar-refractivity contribution in [1.82, 2.24) is 14.5 Å². The third-order valence-corrected chi connectivity index (χ3v) is 5.39. The van der Waals surface area contributed by atoms with Crippen LogP contribution in [0.2, 0.25) is 0 Å². The molecule has 3 rings (SSSR count). The number of ketones is 1. The second kappa shape index (κ2) is 7.59. The van der Waals surface area contributed by atoms with E-state index in [9.17, 15) is 14.4 Å². The number of carbonyl (C=O) groups excluding carboxylic acids is 1. The highest BCUT2D eigenvalue weighted by molar-refractivity contribution is 7.99. The van der Waals surface area contributed by atoms with Crippen molar-refractivity contribution < 1.29 is 9.18 Å². The molecule has 0 aliphatic rings. The van der Waals surface area contributed by atoms with Crippen molar-refractivity contribution in [2.45, 2.75) is 18.0 Å². The first-order valence-electron chi connectivity index (χ1n) is 7.35. The Morgan fingerprint density at radius 2 is 2.36 bits per heavy atom. The highest BCUT2D eigenvalue weighted by Gasteiger charge is 2.23. The summed E-state index contributed by atoms with van der Waals surface area (Å²) in [6.07, 6.45) is 3.29. The minimum Gasteiger partial charge on any atom is -0.297 e. The normalized spacial score (nSPS) is 11.9. The third-order valence-electron chi connectivity index (χ3n) is 3.37. The lowest BCUT2D eigenvalue weighted by atomic mass is 10.1. The van der Waals surface area contributed by atoms with Crippen molar-refractivity contribution in [3.05, 3.63) is 58.6 Å². The molecule has 0 unspecified atom stereocenters. The minimum absolute atomic E-state index is 0.0865. The van der Waals surface area contributed by atoms with Gasteiger partial charge in [0.05, 0.1) is 17.5 Å². The molecule has 126 valence electrons. The van der Waals surface area contributed by atoms with Crippen molar-refractivity contribution in [3.63, 3.8) is 0 Å². The first kappa shape index (κ1) is 17.3. The zero-order valence-corrected chi connectivity index (χ0v) is 14.9. The van der Waals surface area contributed by atoms with Gasteiger partial charge in [0.25, 0.3) is 0 Å². The van der Waals surface area contributed by atoms with Crippen LogP contribution in [0.15, 0.2) is 47.2 Å². The van der Waals surface area contributed by atoms with Gasteiger partial charge in [-0.2, -0.15) is 5.26 Å². The van der Waals surface area contributed by atoms with Crippen molar-refractivity contribution in [2.75, 3.05) is 5.75 Å². The first-order valence-corrected chi connectivity index (χ1v) is 9.21. The molecule has 8 heteroatoms. The summed E-state index contributed by atoms with van der Waals surface area (Å²) in [5, 5.41) is 12.2. The Kier molecular flexibility index (Phi) is 5.26.